The van der Waals surface area contributed by atoms with E-state index in [4.69, 9.17) is 5.73 Å². The van der Waals surface area contributed by atoms with Crippen LogP contribution in [0.1, 0.15) is 43.1 Å². The molecule has 0 saturated carbocycles. The molecule has 0 bridgehead atoms. The summed E-state index contributed by atoms with van der Waals surface area (Å²) >= 11 is 0. The van der Waals surface area contributed by atoms with E-state index in [0.717, 1.165) is 51.9 Å². The Hall–Kier alpha value is -1.89. The molecule has 1 saturated heterocycles. The van der Waals surface area contributed by atoms with Gasteiger partial charge in [0.15, 0.2) is 0 Å². The maximum absolute atomic E-state index is 11.4. The van der Waals surface area contributed by atoms with Gasteiger partial charge in [0.1, 0.15) is 11.5 Å². The van der Waals surface area contributed by atoms with E-state index in [1.165, 1.54) is 0 Å². The zero-order valence-corrected chi connectivity index (χ0v) is 13.2. The van der Waals surface area contributed by atoms with Gasteiger partial charge in [-0.05, 0) is 38.3 Å². The first-order valence-corrected chi connectivity index (χ1v) is 8.06. The van der Waals surface area contributed by atoms with Crippen LogP contribution >= 0.6 is 0 Å². The van der Waals surface area contributed by atoms with Gasteiger partial charge in [-0.3, -0.25) is 4.79 Å². The summed E-state index contributed by atoms with van der Waals surface area (Å²) in [6.07, 6.45) is 4.43. The summed E-state index contributed by atoms with van der Waals surface area (Å²) in [5.74, 6) is 1.20. The zero-order valence-electron chi connectivity index (χ0n) is 13.2. The monoisotopic (exact) mass is 306 g/mol. The van der Waals surface area contributed by atoms with Gasteiger partial charge in [-0.2, -0.15) is 4.98 Å². The lowest BCUT2D eigenvalue weighted by Crippen LogP contribution is -2.31. The molecule has 0 unspecified atom stereocenters. The molecule has 22 heavy (non-hydrogen) atoms. The lowest BCUT2D eigenvalue weighted by molar-refractivity contribution is 0.0995. The van der Waals surface area contributed by atoms with Gasteiger partial charge in [-0.15, -0.1) is 0 Å². The van der Waals surface area contributed by atoms with Gasteiger partial charge >= 0.3 is 0 Å². The van der Waals surface area contributed by atoms with Gasteiger partial charge < -0.3 is 21.7 Å². The molecule has 0 radical (unpaired) electrons. The van der Waals surface area contributed by atoms with Gasteiger partial charge in [0.2, 0.25) is 5.95 Å². The Labute approximate surface area is 131 Å². The fourth-order valence-electron chi connectivity index (χ4n) is 2.45. The number of unbranched alkanes of at least 4 members (excludes halogenated alkanes) is 1. The van der Waals surface area contributed by atoms with Crippen LogP contribution in [0.4, 0.5) is 11.8 Å². The normalized spacial score (nSPS) is 15.5. The Morgan fingerprint density at radius 2 is 2.14 bits per heavy atom. The summed E-state index contributed by atoms with van der Waals surface area (Å²) in [6, 6.07) is 1.62. The molecule has 1 aliphatic heterocycles. The number of aromatic nitrogens is 2. The Bertz CT molecular complexity index is 487. The summed E-state index contributed by atoms with van der Waals surface area (Å²) in [5, 5.41) is 9.80. The van der Waals surface area contributed by atoms with Gasteiger partial charge in [0.25, 0.3) is 5.91 Å². The highest BCUT2D eigenvalue weighted by atomic mass is 16.1. The van der Waals surface area contributed by atoms with Gasteiger partial charge in [0, 0.05) is 19.2 Å². The topological polar surface area (TPSA) is 105 Å². The van der Waals surface area contributed by atoms with Crippen LogP contribution in [0.15, 0.2) is 6.07 Å². The van der Waals surface area contributed by atoms with E-state index in [1.54, 1.807) is 6.07 Å². The van der Waals surface area contributed by atoms with Crippen molar-refractivity contribution in [3.63, 3.8) is 0 Å². The minimum Gasteiger partial charge on any atom is -0.370 e. The van der Waals surface area contributed by atoms with Gasteiger partial charge in [-0.1, -0.05) is 13.3 Å². The number of anilines is 2. The largest absolute Gasteiger partial charge is 0.370 e. The first kappa shape index (κ1) is 16.5. The van der Waals surface area contributed by atoms with Crippen LogP contribution in [0.25, 0.3) is 0 Å². The molecule has 1 aromatic rings. The average molecular weight is 306 g/mol. The number of nitrogens with zero attached hydrogens (tertiary/aromatic N) is 2. The molecule has 122 valence electrons. The van der Waals surface area contributed by atoms with Crippen molar-refractivity contribution >= 4 is 17.7 Å². The third-order valence-corrected chi connectivity index (χ3v) is 3.82. The highest BCUT2D eigenvalue weighted by molar-refractivity contribution is 5.91. The van der Waals surface area contributed by atoms with Crippen LogP contribution in [0.3, 0.4) is 0 Å². The second kappa shape index (κ2) is 8.53. The first-order valence-electron chi connectivity index (χ1n) is 8.06. The molecule has 1 aromatic heterocycles. The number of primary amides is 1. The maximum Gasteiger partial charge on any atom is 0.267 e. The van der Waals surface area contributed by atoms with Crippen molar-refractivity contribution in [2.45, 2.75) is 32.6 Å². The minimum absolute atomic E-state index is 0.238. The van der Waals surface area contributed by atoms with Crippen molar-refractivity contribution in [2.24, 2.45) is 11.7 Å². The lowest BCUT2D eigenvalue weighted by Gasteiger charge is -2.23. The number of rotatable bonds is 8. The summed E-state index contributed by atoms with van der Waals surface area (Å²) in [5.41, 5.74) is 5.59. The second-order valence-electron chi connectivity index (χ2n) is 5.68. The van der Waals surface area contributed by atoms with E-state index in [-0.39, 0.29) is 5.69 Å². The summed E-state index contributed by atoms with van der Waals surface area (Å²) in [6.45, 7) is 5.88. The zero-order chi connectivity index (χ0) is 15.8. The molecule has 2 heterocycles. The van der Waals surface area contributed by atoms with Crippen molar-refractivity contribution in [3.05, 3.63) is 11.8 Å². The summed E-state index contributed by atoms with van der Waals surface area (Å²) in [7, 11) is 0. The fraction of sp³-hybridized carbons (Fsp3) is 0.667. The number of carbonyl (C=O) groups is 1. The molecular formula is C15H26N6O. The smallest absolute Gasteiger partial charge is 0.267 e. The standard InChI is InChI=1S/C15H26N6O/c1-2-3-6-18-15-20-12(14(16)22)9-13(21-15)19-10-11-4-7-17-8-5-11/h9,11,17H,2-8,10H2,1H3,(H2,16,22)(H2,18,19,20,21). The van der Waals surface area contributed by atoms with E-state index in [9.17, 15) is 4.79 Å². The predicted molar refractivity (Wildman–Crippen MR) is 88.0 cm³/mol. The molecule has 1 aliphatic rings. The number of carbonyl (C=O) groups excluding carboxylic acids is 1. The number of hydrogen-bond acceptors (Lipinski definition) is 6. The molecule has 7 nitrogen and oxygen atoms in total. The molecule has 1 fully saturated rings. The highest BCUT2D eigenvalue weighted by Crippen LogP contribution is 2.15. The molecule has 0 aliphatic carbocycles. The Morgan fingerprint density at radius 1 is 1.36 bits per heavy atom. The van der Waals surface area contributed by atoms with Crippen LogP contribution in [-0.2, 0) is 0 Å². The molecule has 0 aromatic carbocycles. The quantitative estimate of drug-likeness (QED) is 0.538. The number of nitrogens with one attached hydrogen (secondary N) is 3. The molecular weight excluding hydrogens is 280 g/mol. The van der Waals surface area contributed by atoms with Crippen molar-refractivity contribution in [1.82, 2.24) is 15.3 Å². The van der Waals surface area contributed by atoms with Crippen LogP contribution in [0, 0.1) is 5.92 Å². The van der Waals surface area contributed by atoms with E-state index in [2.05, 4.69) is 32.8 Å². The van der Waals surface area contributed by atoms with Crippen molar-refractivity contribution in [3.8, 4) is 0 Å². The Kier molecular flexibility index (Phi) is 6.39. The molecule has 7 heteroatoms. The van der Waals surface area contributed by atoms with Crippen molar-refractivity contribution in [1.29, 1.82) is 0 Å². The third-order valence-electron chi connectivity index (χ3n) is 3.82. The molecule has 5 N–H and O–H groups in total. The summed E-state index contributed by atoms with van der Waals surface area (Å²) in [4.78, 5) is 20.0. The second-order valence-corrected chi connectivity index (χ2v) is 5.68. The third kappa shape index (κ3) is 5.14. The molecule has 2 rings (SSSR count). The van der Waals surface area contributed by atoms with Crippen LogP contribution in [0.2, 0.25) is 0 Å². The predicted octanol–water partition coefficient (Wildman–Crippen LogP) is 1.20. The van der Waals surface area contributed by atoms with E-state index in [1.807, 2.05) is 0 Å². The SMILES string of the molecule is CCCCNc1nc(NCC2CCNCC2)cc(C(N)=O)n1. The maximum atomic E-state index is 11.4. The van der Waals surface area contributed by atoms with Crippen LogP contribution in [0.5, 0.6) is 0 Å². The number of piperidine rings is 1. The van der Waals surface area contributed by atoms with Crippen LogP contribution < -0.4 is 21.7 Å². The van der Waals surface area contributed by atoms with Gasteiger partial charge in [0.05, 0.1) is 0 Å². The highest BCUT2D eigenvalue weighted by Gasteiger charge is 2.14. The molecule has 0 spiro atoms. The van der Waals surface area contributed by atoms with E-state index in [0.29, 0.717) is 17.7 Å². The number of hydrogen-bond donors (Lipinski definition) is 4. The minimum atomic E-state index is -0.536. The van der Waals surface area contributed by atoms with Gasteiger partial charge in [-0.25, -0.2) is 4.98 Å². The first-order chi connectivity index (χ1) is 10.7. The fourth-order valence-corrected chi connectivity index (χ4v) is 2.45. The van der Waals surface area contributed by atoms with E-state index < -0.39 is 5.91 Å². The Morgan fingerprint density at radius 3 is 2.82 bits per heavy atom. The lowest BCUT2D eigenvalue weighted by atomic mass is 9.98. The number of nitrogens with two attached hydrogens (primary N) is 1. The number of amides is 1. The van der Waals surface area contributed by atoms with Crippen molar-refractivity contribution in [2.75, 3.05) is 36.8 Å². The van der Waals surface area contributed by atoms with E-state index >= 15 is 0 Å². The molecule has 1 amide bonds. The van der Waals surface area contributed by atoms with Crippen molar-refractivity contribution < 1.29 is 4.79 Å². The molecule has 0 atom stereocenters. The van der Waals surface area contributed by atoms with Crippen LogP contribution in [-0.4, -0.2) is 42.1 Å². The summed E-state index contributed by atoms with van der Waals surface area (Å²) < 4.78 is 0. The average Bonchev–Trinajstić information content (AvgIpc) is 2.54. The Balaban J connectivity index is 1.99.